The summed E-state index contributed by atoms with van der Waals surface area (Å²) in [6.07, 6.45) is -3.30. The molecule has 0 aliphatic heterocycles. The molecule has 7 heteroatoms. The van der Waals surface area contributed by atoms with Crippen molar-refractivity contribution in [2.24, 2.45) is 0 Å². The minimum Gasteiger partial charge on any atom is -0.364 e. The highest BCUT2D eigenvalue weighted by Gasteiger charge is 2.27. The Labute approximate surface area is 116 Å². The average molecular weight is 291 g/mol. The van der Waals surface area contributed by atoms with Crippen molar-refractivity contribution in [3.8, 4) is 0 Å². The first-order valence-corrected chi connectivity index (χ1v) is 6.51. The third kappa shape index (κ3) is 5.83. The van der Waals surface area contributed by atoms with Crippen LogP contribution in [0, 0.1) is 13.8 Å². The number of hydrogen-bond acceptors (Lipinski definition) is 4. The van der Waals surface area contributed by atoms with E-state index in [0.29, 0.717) is 6.54 Å². The Morgan fingerprint density at radius 3 is 2.25 bits per heavy atom. The molecule has 0 saturated carbocycles. The third-order valence-corrected chi connectivity index (χ3v) is 2.69. The lowest BCUT2D eigenvalue weighted by Crippen LogP contribution is -2.19. The van der Waals surface area contributed by atoms with Crippen LogP contribution in [0.25, 0.3) is 0 Å². The summed E-state index contributed by atoms with van der Waals surface area (Å²) >= 11 is 0. The maximum atomic E-state index is 12.0. The number of aryl methyl sites for hydroxylation is 2. The molecule has 0 radical (unpaired) electrons. The van der Waals surface area contributed by atoms with E-state index in [1.54, 1.807) is 0 Å². The topological polar surface area (TPSA) is 47.0 Å². The Hall–Kier alpha value is -1.21. The predicted molar refractivity (Wildman–Crippen MR) is 69.2 cm³/mol. The van der Waals surface area contributed by atoms with Gasteiger partial charge in [0, 0.05) is 23.5 Å². The number of halogens is 3. The lowest BCUT2D eigenvalue weighted by Gasteiger charge is -2.12. The number of rotatable bonds is 7. The molecule has 0 bridgehead atoms. The van der Waals surface area contributed by atoms with Gasteiger partial charge in [-0.3, -0.25) is 0 Å². The highest BCUT2D eigenvalue weighted by atomic mass is 19.4. The van der Waals surface area contributed by atoms with Crippen LogP contribution in [0.15, 0.2) is 0 Å². The number of alkyl halides is 3. The second kappa shape index (κ2) is 7.54. The second-order valence-electron chi connectivity index (χ2n) is 4.57. The van der Waals surface area contributed by atoms with E-state index >= 15 is 0 Å². The first-order chi connectivity index (χ1) is 9.33. The van der Waals surface area contributed by atoms with E-state index in [1.165, 1.54) is 0 Å². The monoisotopic (exact) mass is 291 g/mol. The van der Waals surface area contributed by atoms with Gasteiger partial charge in [0.25, 0.3) is 0 Å². The predicted octanol–water partition coefficient (Wildman–Crippen LogP) is 2.67. The van der Waals surface area contributed by atoms with E-state index in [0.717, 1.165) is 29.9 Å². The largest absolute Gasteiger partial charge is 0.411 e. The fourth-order valence-corrected chi connectivity index (χ4v) is 1.78. The van der Waals surface area contributed by atoms with Crippen LogP contribution in [0.2, 0.25) is 0 Å². The molecule has 0 amide bonds. The van der Waals surface area contributed by atoms with Crippen molar-refractivity contribution in [2.75, 3.05) is 13.2 Å². The Bertz CT molecular complexity index is 412. The number of nitrogens with zero attached hydrogens (tertiary/aromatic N) is 2. The Morgan fingerprint density at radius 1 is 1.15 bits per heavy atom. The van der Waals surface area contributed by atoms with Crippen LogP contribution in [0.5, 0.6) is 0 Å². The van der Waals surface area contributed by atoms with E-state index in [1.807, 2.05) is 13.8 Å². The third-order valence-electron chi connectivity index (χ3n) is 2.69. The van der Waals surface area contributed by atoms with E-state index in [-0.39, 0.29) is 12.4 Å². The molecule has 0 aliphatic rings. The van der Waals surface area contributed by atoms with Gasteiger partial charge in [0.15, 0.2) is 5.82 Å². The molecule has 0 spiro atoms. The summed E-state index contributed by atoms with van der Waals surface area (Å²) in [4.78, 5) is 8.38. The molecule has 4 nitrogen and oxygen atoms in total. The van der Waals surface area contributed by atoms with Crippen LogP contribution in [-0.2, 0) is 17.9 Å². The van der Waals surface area contributed by atoms with Gasteiger partial charge in [0.1, 0.15) is 13.2 Å². The van der Waals surface area contributed by atoms with Crippen molar-refractivity contribution in [3.63, 3.8) is 0 Å². The quantitative estimate of drug-likeness (QED) is 0.785. The zero-order valence-electron chi connectivity index (χ0n) is 12.0. The zero-order valence-corrected chi connectivity index (χ0v) is 12.0. The molecule has 0 fully saturated rings. The molecule has 0 aromatic carbocycles. The normalized spacial score (nSPS) is 11.9. The Morgan fingerprint density at radius 2 is 1.75 bits per heavy atom. The summed E-state index contributed by atoms with van der Waals surface area (Å²) in [7, 11) is 0. The summed E-state index contributed by atoms with van der Waals surface area (Å²) < 4.78 is 40.5. The molecule has 1 aromatic rings. The van der Waals surface area contributed by atoms with Crippen molar-refractivity contribution in [1.29, 1.82) is 0 Å². The summed E-state index contributed by atoms with van der Waals surface area (Å²) in [5.74, 6) is 0.281. The second-order valence-corrected chi connectivity index (χ2v) is 4.57. The van der Waals surface area contributed by atoms with E-state index in [4.69, 9.17) is 0 Å². The van der Waals surface area contributed by atoms with Gasteiger partial charge in [-0.1, -0.05) is 6.92 Å². The van der Waals surface area contributed by atoms with Gasteiger partial charge in [-0.15, -0.1) is 0 Å². The van der Waals surface area contributed by atoms with Crippen molar-refractivity contribution in [1.82, 2.24) is 15.3 Å². The smallest absolute Gasteiger partial charge is 0.364 e. The number of hydrogen-bond donors (Lipinski definition) is 1. The first kappa shape index (κ1) is 16.8. The van der Waals surface area contributed by atoms with Crippen LogP contribution in [0.3, 0.4) is 0 Å². The SMILES string of the molecule is CCCNCc1c(C)nc(COCC(F)(F)F)nc1C. The van der Waals surface area contributed by atoms with Crippen molar-refractivity contribution in [2.45, 2.75) is 46.5 Å². The lowest BCUT2D eigenvalue weighted by molar-refractivity contribution is -0.177. The van der Waals surface area contributed by atoms with Crippen LogP contribution >= 0.6 is 0 Å². The highest BCUT2D eigenvalue weighted by molar-refractivity contribution is 5.24. The maximum absolute atomic E-state index is 12.0. The molecule has 20 heavy (non-hydrogen) atoms. The van der Waals surface area contributed by atoms with Gasteiger partial charge < -0.3 is 10.1 Å². The molecule has 1 heterocycles. The molecule has 0 aliphatic carbocycles. The molecule has 1 aromatic heterocycles. The summed E-state index contributed by atoms with van der Waals surface area (Å²) in [5.41, 5.74) is 2.52. The van der Waals surface area contributed by atoms with Gasteiger partial charge in [-0.2, -0.15) is 13.2 Å². The molecular formula is C13H20F3N3O. The van der Waals surface area contributed by atoms with Crippen molar-refractivity contribution in [3.05, 3.63) is 22.8 Å². The standard InChI is InChI=1S/C13H20F3N3O/c1-4-5-17-6-11-9(2)18-12(19-10(11)3)7-20-8-13(14,15)16/h17H,4-8H2,1-3H3. The first-order valence-electron chi connectivity index (χ1n) is 6.51. The maximum Gasteiger partial charge on any atom is 0.411 e. The Kier molecular flexibility index (Phi) is 6.35. The van der Waals surface area contributed by atoms with Crippen molar-refractivity contribution >= 4 is 0 Å². The summed E-state index contributed by atoms with van der Waals surface area (Å²) in [5, 5.41) is 3.26. The van der Waals surface area contributed by atoms with E-state index in [9.17, 15) is 13.2 Å². The molecule has 0 unspecified atom stereocenters. The minimum absolute atomic E-state index is 0.232. The number of ether oxygens (including phenoxy) is 1. The average Bonchev–Trinajstić information content (AvgIpc) is 2.31. The summed E-state index contributed by atoms with van der Waals surface area (Å²) in [6, 6.07) is 0. The Balaban J connectivity index is 2.63. The minimum atomic E-state index is -4.33. The summed E-state index contributed by atoms with van der Waals surface area (Å²) in [6.45, 7) is 5.77. The fourth-order valence-electron chi connectivity index (χ4n) is 1.78. The fraction of sp³-hybridized carbons (Fsp3) is 0.692. The van der Waals surface area contributed by atoms with Gasteiger partial charge >= 0.3 is 6.18 Å². The van der Waals surface area contributed by atoms with Gasteiger partial charge in [0.05, 0.1) is 0 Å². The molecule has 1 N–H and O–H groups in total. The highest BCUT2D eigenvalue weighted by Crippen LogP contribution is 2.16. The molecule has 0 saturated heterocycles. The van der Waals surface area contributed by atoms with Crippen LogP contribution < -0.4 is 5.32 Å². The number of nitrogens with one attached hydrogen (secondary N) is 1. The zero-order chi connectivity index (χ0) is 15.2. The molecule has 1 rings (SSSR count). The number of aromatic nitrogens is 2. The van der Waals surface area contributed by atoms with Gasteiger partial charge in [-0.05, 0) is 26.8 Å². The molecule has 114 valence electrons. The van der Waals surface area contributed by atoms with E-state index in [2.05, 4.69) is 26.9 Å². The molecule has 0 atom stereocenters. The van der Waals surface area contributed by atoms with Crippen LogP contribution in [0.4, 0.5) is 13.2 Å². The van der Waals surface area contributed by atoms with E-state index < -0.39 is 12.8 Å². The van der Waals surface area contributed by atoms with Gasteiger partial charge in [-0.25, -0.2) is 9.97 Å². The van der Waals surface area contributed by atoms with Crippen LogP contribution in [-0.4, -0.2) is 29.3 Å². The lowest BCUT2D eigenvalue weighted by atomic mass is 10.1. The van der Waals surface area contributed by atoms with Gasteiger partial charge in [0.2, 0.25) is 0 Å². The molecular weight excluding hydrogens is 271 g/mol. The van der Waals surface area contributed by atoms with Crippen LogP contribution in [0.1, 0.15) is 36.1 Å². The van der Waals surface area contributed by atoms with Crippen molar-refractivity contribution < 1.29 is 17.9 Å².